The van der Waals surface area contributed by atoms with E-state index in [1.54, 1.807) is 10.9 Å². The first-order valence-corrected chi connectivity index (χ1v) is 6.43. The quantitative estimate of drug-likeness (QED) is 0.561. The van der Waals surface area contributed by atoms with E-state index >= 15 is 0 Å². The van der Waals surface area contributed by atoms with Crippen molar-refractivity contribution >= 4 is 17.3 Å². The van der Waals surface area contributed by atoms with E-state index in [0.717, 1.165) is 5.82 Å². The fraction of sp³-hybridized carbons (Fsp3) is 0.455. The highest BCUT2D eigenvalue weighted by molar-refractivity contribution is 5.69. The van der Waals surface area contributed by atoms with Gasteiger partial charge in [0.15, 0.2) is 0 Å². The van der Waals surface area contributed by atoms with Crippen LogP contribution in [-0.4, -0.2) is 42.7 Å². The maximum absolute atomic E-state index is 11.2. The van der Waals surface area contributed by atoms with Gasteiger partial charge in [-0.3, -0.25) is 10.1 Å². The number of rotatable bonds is 7. The van der Waals surface area contributed by atoms with Crippen LogP contribution in [-0.2, 0) is 13.5 Å². The molecule has 0 amide bonds. The Morgan fingerprint density at radius 1 is 1.33 bits per heavy atom. The standard InChI is InChI=1S/C11H16N8O2/c1-3-12-10-9(19(20)21)11(15-6-14-10)13-5-4-8-17-16-7-18(8)2/h6-7H,3-5H2,1-2H3,(H2,12,13,14,15). The summed E-state index contributed by atoms with van der Waals surface area (Å²) in [4.78, 5) is 18.5. The summed E-state index contributed by atoms with van der Waals surface area (Å²) < 4.78 is 1.79. The molecule has 0 aliphatic rings. The summed E-state index contributed by atoms with van der Waals surface area (Å²) in [5.74, 6) is 1.18. The molecule has 10 heteroatoms. The zero-order valence-corrected chi connectivity index (χ0v) is 11.8. The van der Waals surface area contributed by atoms with E-state index in [9.17, 15) is 10.1 Å². The normalized spacial score (nSPS) is 10.4. The van der Waals surface area contributed by atoms with Crippen LogP contribution in [0.15, 0.2) is 12.7 Å². The zero-order valence-electron chi connectivity index (χ0n) is 11.8. The van der Waals surface area contributed by atoms with Crippen molar-refractivity contribution in [3.05, 3.63) is 28.6 Å². The largest absolute Gasteiger partial charge is 0.364 e. The summed E-state index contributed by atoms with van der Waals surface area (Å²) in [6.45, 7) is 2.83. The van der Waals surface area contributed by atoms with Gasteiger partial charge in [0.25, 0.3) is 0 Å². The second-order valence-corrected chi connectivity index (χ2v) is 4.24. The van der Waals surface area contributed by atoms with Gasteiger partial charge in [0.1, 0.15) is 18.5 Å². The molecule has 112 valence electrons. The first kappa shape index (κ1) is 14.6. The number of nitro groups is 1. The summed E-state index contributed by atoms with van der Waals surface area (Å²) in [5, 5.41) is 24.7. The van der Waals surface area contributed by atoms with Crippen LogP contribution >= 0.6 is 0 Å². The van der Waals surface area contributed by atoms with Gasteiger partial charge in [0.05, 0.1) is 4.92 Å². The smallest absolute Gasteiger partial charge is 0.353 e. The average molecular weight is 292 g/mol. The maximum atomic E-state index is 11.2. The minimum Gasteiger partial charge on any atom is -0.364 e. The molecule has 0 saturated heterocycles. The number of anilines is 2. The highest BCUT2D eigenvalue weighted by Crippen LogP contribution is 2.28. The van der Waals surface area contributed by atoms with Gasteiger partial charge in [0, 0.05) is 26.6 Å². The molecule has 0 aromatic carbocycles. The molecular formula is C11H16N8O2. The molecule has 2 N–H and O–H groups in total. The van der Waals surface area contributed by atoms with E-state index in [0.29, 0.717) is 19.5 Å². The topological polar surface area (TPSA) is 124 Å². The lowest BCUT2D eigenvalue weighted by atomic mass is 10.3. The third-order valence-electron chi connectivity index (χ3n) is 2.80. The summed E-state index contributed by atoms with van der Waals surface area (Å²) >= 11 is 0. The highest BCUT2D eigenvalue weighted by Gasteiger charge is 2.22. The van der Waals surface area contributed by atoms with E-state index in [4.69, 9.17) is 0 Å². The molecule has 2 aromatic heterocycles. The summed E-state index contributed by atoms with van der Waals surface area (Å²) in [6, 6.07) is 0. The molecule has 0 bridgehead atoms. The van der Waals surface area contributed by atoms with Gasteiger partial charge in [-0.1, -0.05) is 0 Å². The van der Waals surface area contributed by atoms with Gasteiger partial charge in [-0.05, 0) is 6.92 Å². The number of aromatic nitrogens is 5. The van der Waals surface area contributed by atoms with Crippen molar-refractivity contribution in [3.63, 3.8) is 0 Å². The van der Waals surface area contributed by atoms with Gasteiger partial charge in [-0.25, -0.2) is 9.97 Å². The van der Waals surface area contributed by atoms with Gasteiger partial charge in [0.2, 0.25) is 11.6 Å². The van der Waals surface area contributed by atoms with Crippen LogP contribution in [0.4, 0.5) is 17.3 Å². The third kappa shape index (κ3) is 3.41. The Bertz CT molecular complexity index is 626. The summed E-state index contributed by atoms with van der Waals surface area (Å²) in [6.07, 6.45) is 3.47. The van der Waals surface area contributed by atoms with E-state index in [-0.39, 0.29) is 17.3 Å². The average Bonchev–Trinajstić information content (AvgIpc) is 2.85. The minimum absolute atomic E-state index is 0.155. The fourth-order valence-corrected chi connectivity index (χ4v) is 1.80. The van der Waals surface area contributed by atoms with Crippen molar-refractivity contribution in [2.45, 2.75) is 13.3 Å². The molecule has 21 heavy (non-hydrogen) atoms. The van der Waals surface area contributed by atoms with E-state index in [1.165, 1.54) is 6.33 Å². The van der Waals surface area contributed by atoms with E-state index in [2.05, 4.69) is 30.8 Å². The minimum atomic E-state index is -0.497. The third-order valence-corrected chi connectivity index (χ3v) is 2.80. The maximum Gasteiger partial charge on any atom is 0.353 e. The van der Waals surface area contributed by atoms with Gasteiger partial charge in [-0.2, -0.15) is 0 Å². The lowest BCUT2D eigenvalue weighted by Gasteiger charge is -2.08. The van der Waals surface area contributed by atoms with Crippen LogP contribution in [0.25, 0.3) is 0 Å². The highest BCUT2D eigenvalue weighted by atomic mass is 16.6. The Balaban J connectivity index is 2.10. The van der Waals surface area contributed by atoms with E-state index < -0.39 is 4.92 Å². The Morgan fingerprint density at radius 3 is 2.62 bits per heavy atom. The Kier molecular flexibility index (Phi) is 4.59. The Hall–Kier alpha value is -2.78. The van der Waals surface area contributed by atoms with Crippen LogP contribution < -0.4 is 10.6 Å². The molecule has 0 unspecified atom stereocenters. The van der Waals surface area contributed by atoms with Crippen molar-refractivity contribution in [1.29, 1.82) is 0 Å². The second kappa shape index (κ2) is 6.59. The molecule has 0 radical (unpaired) electrons. The van der Waals surface area contributed by atoms with Crippen LogP contribution in [0.1, 0.15) is 12.7 Å². The predicted molar refractivity (Wildman–Crippen MR) is 76.0 cm³/mol. The summed E-state index contributed by atoms with van der Waals surface area (Å²) in [5.41, 5.74) is -0.155. The lowest BCUT2D eigenvalue weighted by molar-refractivity contribution is -0.383. The first-order chi connectivity index (χ1) is 10.1. The van der Waals surface area contributed by atoms with Gasteiger partial charge < -0.3 is 15.2 Å². The van der Waals surface area contributed by atoms with Crippen LogP contribution in [0, 0.1) is 10.1 Å². The Labute approximate surface area is 120 Å². The lowest BCUT2D eigenvalue weighted by Crippen LogP contribution is -2.13. The molecule has 0 aliphatic heterocycles. The van der Waals surface area contributed by atoms with Gasteiger partial charge >= 0.3 is 5.69 Å². The van der Waals surface area contributed by atoms with Crippen molar-refractivity contribution in [1.82, 2.24) is 24.7 Å². The summed E-state index contributed by atoms with van der Waals surface area (Å²) in [7, 11) is 1.84. The molecule has 2 aromatic rings. The molecule has 0 aliphatic carbocycles. The number of aryl methyl sites for hydroxylation is 1. The zero-order chi connectivity index (χ0) is 15.2. The van der Waals surface area contributed by atoms with Crippen molar-refractivity contribution in [2.75, 3.05) is 23.7 Å². The van der Waals surface area contributed by atoms with Crippen LogP contribution in [0.5, 0.6) is 0 Å². The van der Waals surface area contributed by atoms with Crippen molar-refractivity contribution in [3.8, 4) is 0 Å². The molecule has 0 spiro atoms. The molecule has 0 atom stereocenters. The molecule has 2 rings (SSSR count). The number of hydrogen-bond acceptors (Lipinski definition) is 8. The number of nitrogens with zero attached hydrogens (tertiary/aromatic N) is 6. The number of hydrogen-bond donors (Lipinski definition) is 2. The van der Waals surface area contributed by atoms with E-state index in [1.807, 2.05) is 14.0 Å². The fourth-order valence-electron chi connectivity index (χ4n) is 1.80. The Morgan fingerprint density at radius 2 is 2.05 bits per heavy atom. The predicted octanol–water partition coefficient (Wildman–Crippen LogP) is 0.600. The molecular weight excluding hydrogens is 276 g/mol. The molecule has 0 fully saturated rings. The molecule has 2 heterocycles. The number of nitrogens with one attached hydrogen (secondary N) is 2. The van der Waals surface area contributed by atoms with Crippen LogP contribution in [0.3, 0.4) is 0 Å². The van der Waals surface area contributed by atoms with Crippen LogP contribution in [0.2, 0.25) is 0 Å². The van der Waals surface area contributed by atoms with Gasteiger partial charge in [-0.15, -0.1) is 10.2 Å². The molecule has 10 nitrogen and oxygen atoms in total. The SMILES string of the molecule is CCNc1ncnc(NCCc2nncn2C)c1[N+](=O)[O-]. The van der Waals surface area contributed by atoms with Crippen molar-refractivity contribution < 1.29 is 4.92 Å². The molecule has 0 saturated carbocycles. The second-order valence-electron chi connectivity index (χ2n) is 4.24. The monoisotopic (exact) mass is 292 g/mol. The first-order valence-electron chi connectivity index (χ1n) is 6.43. The van der Waals surface area contributed by atoms with Crippen molar-refractivity contribution in [2.24, 2.45) is 7.05 Å².